The first-order chi connectivity index (χ1) is 12.1. The second kappa shape index (κ2) is 6.35. The average Bonchev–Trinajstić information content (AvgIpc) is 3.25. The zero-order chi connectivity index (χ0) is 17.4. The van der Waals surface area contributed by atoms with Crippen molar-refractivity contribution in [2.24, 2.45) is 0 Å². The van der Waals surface area contributed by atoms with Gasteiger partial charge in [-0.3, -0.25) is 0 Å². The van der Waals surface area contributed by atoms with Gasteiger partial charge < -0.3 is 15.0 Å². The summed E-state index contributed by atoms with van der Waals surface area (Å²) in [5.74, 6) is -0.721. The molecule has 1 atom stereocenters. The number of likely N-dealkylation sites (tertiary alicyclic amines) is 1. The zero-order valence-corrected chi connectivity index (χ0v) is 13.6. The number of hydrogen-bond acceptors (Lipinski definition) is 2. The number of halogens is 2. The van der Waals surface area contributed by atoms with E-state index in [9.17, 15) is 13.6 Å². The molecule has 130 valence electrons. The Morgan fingerprint density at radius 1 is 1.08 bits per heavy atom. The first-order valence-corrected chi connectivity index (χ1v) is 8.40. The van der Waals surface area contributed by atoms with Gasteiger partial charge in [0, 0.05) is 18.7 Å². The molecule has 2 amide bonds. The molecule has 0 aliphatic carbocycles. The summed E-state index contributed by atoms with van der Waals surface area (Å²) < 4.78 is 34.2. The molecule has 2 aromatic carbocycles. The molecule has 2 aliphatic heterocycles. The van der Waals surface area contributed by atoms with Crippen molar-refractivity contribution in [3.63, 3.8) is 0 Å². The van der Waals surface area contributed by atoms with Crippen molar-refractivity contribution in [3.05, 3.63) is 53.6 Å². The van der Waals surface area contributed by atoms with Gasteiger partial charge in [0.05, 0.1) is 11.6 Å². The van der Waals surface area contributed by atoms with Crippen LogP contribution in [0.5, 0.6) is 5.75 Å². The van der Waals surface area contributed by atoms with Crippen LogP contribution in [0.3, 0.4) is 0 Å². The Morgan fingerprint density at radius 2 is 1.76 bits per heavy atom. The van der Waals surface area contributed by atoms with Crippen molar-refractivity contribution in [1.82, 2.24) is 10.2 Å². The van der Waals surface area contributed by atoms with Crippen LogP contribution < -0.4 is 10.1 Å². The van der Waals surface area contributed by atoms with E-state index in [2.05, 4.69) is 5.32 Å². The van der Waals surface area contributed by atoms with Crippen LogP contribution in [0.2, 0.25) is 0 Å². The minimum absolute atomic E-state index is 0.0923. The molecule has 2 aromatic rings. The molecule has 0 radical (unpaired) electrons. The summed E-state index contributed by atoms with van der Waals surface area (Å²) in [7, 11) is 0. The lowest BCUT2D eigenvalue weighted by Crippen LogP contribution is -2.40. The molecule has 4 rings (SSSR count). The van der Waals surface area contributed by atoms with Crippen molar-refractivity contribution in [3.8, 4) is 16.9 Å². The van der Waals surface area contributed by atoms with Gasteiger partial charge in [-0.1, -0.05) is 18.2 Å². The number of carbonyl (C=O) groups excluding carboxylic acids is 1. The highest BCUT2D eigenvalue weighted by molar-refractivity contribution is 5.78. The topological polar surface area (TPSA) is 41.6 Å². The third-order valence-corrected chi connectivity index (χ3v) is 4.74. The van der Waals surface area contributed by atoms with E-state index >= 15 is 0 Å². The van der Waals surface area contributed by atoms with Gasteiger partial charge in [-0.2, -0.15) is 0 Å². The Labute approximate surface area is 144 Å². The van der Waals surface area contributed by atoms with Crippen LogP contribution >= 0.6 is 0 Å². The molecule has 1 saturated heterocycles. The predicted octanol–water partition coefficient (Wildman–Crippen LogP) is 3.87. The third kappa shape index (κ3) is 2.81. The fourth-order valence-electron chi connectivity index (χ4n) is 3.53. The maximum atomic E-state index is 14.3. The number of ether oxygens (including phenoxy) is 1. The Hall–Kier alpha value is -2.63. The Balaban J connectivity index is 1.70. The Morgan fingerprint density at radius 3 is 2.48 bits per heavy atom. The number of urea groups is 1. The number of carbonyl (C=O) groups is 1. The van der Waals surface area contributed by atoms with E-state index in [-0.39, 0.29) is 18.2 Å². The average molecular weight is 344 g/mol. The van der Waals surface area contributed by atoms with Crippen molar-refractivity contribution in [2.45, 2.75) is 18.9 Å². The van der Waals surface area contributed by atoms with E-state index < -0.39 is 17.7 Å². The first kappa shape index (κ1) is 15.9. The number of nitrogens with one attached hydrogen (secondary N) is 1. The molecular weight excluding hydrogens is 326 g/mol. The fraction of sp³-hybridized carbons (Fsp3) is 0.316. The van der Waals surface area contributed by atoms with E-state index in [0.717, 1.165) is 25.9 Å². The van der Waals surface area contributed by atoms with Gasteiger partial charge in [0.1, 0.15) is 24.0 Å². The molecular formula is C19H18F2N2O2. The minimum Gasteiger partial charge on any atom is -0.491 e. The summed E-state index contributed by atoms with van der Waals surface area (Å²) in [6.07, 6.45) is 1.99. The molecule has 0 aromatic heterocycles. The highest BCUT2D eigenvalue weighted by Crippen LogP contribution is 2.41. The van der Waals surface area contributed by atoms with E-state index in [1.165, 1.54) is 18.2 Å². The molecule has 1 fully saturated rings. The summed E-state index contributed by atoms with van der Waals surface area (Å²) in [5, 5.41) is 2.94. The number of fused-ring (bicyclic) bond motifs is 1. The van der Waals surface area contributed by atoms with Crippen molar-refractivity contribution in [2.75, 3.05) is 19.7 Å². The summed E-state index contributed by atoms with van der Waals surface area (Å²) in [5.41, 5.74) is 0.946. The molecule has 6 heteroatoms. The van der Waals surface area contributed by atoms with Crippen LogP contribution in [0, 0.1) is 11.6 Å². The lowest BCUT2D eigenvalue weighted by Gasteiger charge is -2.21. The van der Waals surface area contributed by atoms with Crippen LogP contribution in [0.4, 0.5) is 13.6 Å². The molecule has 25 heavy (non-hydrogen) atoms. The third-order valence-electron chi connectivity index (χ3n) is 4.74. The predicted molar refractivity (Wildman–Crippen MR) is 89.4 cm³/mol. The van der Waals surface area contributed by atoms with Gasteiger partial charge in [-0.05, 0) is 36.6 Å². The highest BCUT2D eigenvalue weighted by atomic mass is 19.1. The lowest BCUT2D eigenvalue weighted by atomic mass is 9.94. The summed E-state index contributed by atoms with van der Waals surface area (Å²) in [6, 6.07) is 8.30. The normalized spacial score (nSPS) is 18.8. The first-order valence-electron chi connectivity index (χ1n) is 8.40. The molecule has 4 nitrogen and oxygen atoms in total. The maximum Gasteiger partial charge on any atom is 0.318 e. The van der Waals surface area contributed by atoms with Crippen LogP contribution in [-0.4, -0.2) is 30.6 Å². The van der Waals surface area contributed by atoms with Crippen LogP contribution in [0.25, 0.3) is 11.1 Å². The van der Waals surface area contributed by atoms with Crippen molar-refractivity contribution >= 4 is 6.03 Å². The molecule has 1 unspecified atom stereocenters. The fourth-order valence-corrected chi connectivity index (χ4v) is 3.53. The Bertz CT molecular complexity index is 799. The second-order valence-electron chi connectivity index (χ2n) is 6.32. The van der Waals surface area contributed by atoms with Gasteiger partial charge in [0.25, 0.3) is 0 Å². The SMILES string of the molecule is O=C(NC1COc2cccc(-c3c(F)cccc3F)c21)N1CCCC1. The van der Waals surface area contributed by atoms with E-state index in [1.807, 2.05) is 0 Å². The Kier molecular flexibility index (Phi) is 4.03. The largest absolute Gasteiger partial charge is 0.491 e. The number of amides is 2. The van der Waals surface area contributed by atoms with Gasteiger partial charge in [-0.15, -0.1) is 0 Å². The van der Waals surface area contributed by atoms with E-state index in [1.54, 1.807) is 23.1 Å². The lowest BCUT2D eigenvalue weighted by molar-refractivity contribution is 0.201. The summed E-state index contributed by atoms with van der Waals surface area (Å²) in [6.45, 7) is 1.72. The number of nitrogens with zero attached hydrogens (tertiary/aromatic N) is 1. The van der Waals surface area contributed by atoms with Gasteiger partial charge in [0.2, 0.25) is 0 Å². The zero-order valence-electron chi connectivity index (χ0n) is 13.6. The van der Waals surface area contributed by atoms with Crippen molar-refractivity contribution < 1.29 is 18.3 Å². The molecule has 2 heterocycles. The van der Waals surface area contributed by atoms with Crippen molar-refractivity contribution in [1.29, 1.82) is 0 Å². The van der Waals surface area contributed by atoms with E-state index in [4.69, 9.17) is 4.74 Å². The van der Waals surface area contributed by atoms with Gasteiger partial charge in [0.15, 0.2) is 0 Å². The quantitative estimate of drug-likeness (QED) is 0.898. The minimum atomic E-state index is -0.634. The van der Waals surface area contributed by atoms with Crippen LogP contribution in [-0.2, 0) is 0 Å². The molecule has 0 spiro atoms. The second-order valence-corrected chi connectivity index (χ2v) is 6.32. The van der Waals surface area contributed by atoms with Gasteiger partial charge >= 0.3 is 6.03 Å². The standard InChI is InChI=1S/C19H18F2N2O2/c20-13-6-4-7-14(21)17(13)12-5-3-8-16-18(12)15(11-25-16)22-19(24)23-9-1-2-10-23/h3-8,15H,1-2,9-11H2,(H,22,24). The number of benzene rings is 2. The van der Waals surface area contributed by atoms with Crippen LogP contribution in [0.15, 0.2) is 36.4 Å². The summed E-state index contributed by atoms with van der Waals surface area (Å²) >= 11 is 0. The maximum absolute atomic E-state index is 14.3. The molecule has 2 aliphatic rings. The molecule has 0 bridgehead atoms. The molecule has 1 N–H and O–H groups in total. The summed E-state index contributed by atoms with van der Waals surface area (Å²) in [4.78, 5) is 14.2. The van der Waals surface area contributed by atoms with Crippen LogP contribution in [0.1, 0.15) is 24.4 Å². The number of rotatable bonds is 2. The molecule has 0 saturated carbocycles. The van der Waals surface area contributed by atoms with Gasteiger partial charge in [-0.25, -0.2) is 13.6 Å². The highest BCUT2D eigenvalue weighted by Gasteiger charge is 2.32. The van der Waals surface area contributed by atoms with E-state index in [0.29, 0.717) is 16.9 Å². The number of hydrogen-bond donors (Lipinski definition) is 1. The monoisotopic (exact) mass is 344 g/mol. The smallest absolute Gasteiger partial charge is 0.318 e.